The summed E-state index contributed by atoms with van der Waals surface area (Å²) < 4.78 is 1.09. The molecule has 27 heavy (non-hydrogen) atoms. The Labute approximate surface area is 165 Å². The molecular formula is C20H19N3O2S2. The minimum absolute atomic E-state index is 0.479. The number of fused-ring (bicyclic) bond motifs is 1. The van der Waals surface area contributed by atoms with Crippen LogP contribution in [0, 0.1) is 0 Å². The van der Waals surface area contributed by atoms with E-state index in [1.165, 1.54) is 17.3 Å². The van der Waals surface area contributed by atoms with Crippen LogP contribution < -0.4 is 4.90 Å². The highest BCUT2D eigenvalue weighted by molar-refractivity contribution is 8.15. The third-order valence-corrected chi connectivity index (χ3v) is 6.66. The van der Waals surface area contributed by atoms with Crippen LogP contribution in [0.5, 0.6) is 0 Å². The molecule has 0 saturated carbocycles. The molecule has 138 valence electrons. The number of carboxylic acid groups (broad SMARTS) is 1. The van der Waals surface area contributed by atoms with Crippen molar-refractivity contribution in [2.45, 2.75) is 19.5 Å². The minimum Gasteiger partial charge on any atom is -0.480 e. The lowest BCUT2D eigenvalue weighted by molar-refractivity contribution is -0.137. The fourth-order valence-corrected chi connectivity index (χ4v) is 5.10. The predicted molar refractivity (Wildman–Crippen MR) is 113 cm³/mol. The van der Waals surface area contributed by atoms with Crippen molar-refractivity contribution >= 4 is 50.0 Å². The Morgan fingerprint density at radius 3 is 2.78 bits per heavy atom. The first-order valence-electron chi connectivity index (χ1n) is 8.77. The van der Waals surface area contributed by atoms with Gasteiger partial charge in [0, 0.05) is 24.5 Å². The summed E-state index contributed by atoms with van der Waals surface area (Å²) in [6.45, 7) is 3.92. The molecule has 5 nitrogen and oxygen atoms in total. The topological polar surface area (TPSA) is 65.8 Å². The number of carbonyl (C=O) groups is 1. The van der Waals surface area contributed by atoms with Crippen molar-refractivity contribution in [3.05, 3.63) is 59.1 Å². The minimum atomic E-state index is -0.875. The quantitative estimate of drug-likeness (QED) is 0.673. The predicted octanol–water partition coefficient (Wildman–Crippen LogP) is 4.27. The summed E-state index contributed by atoms with van der Waals surface area (Å²) in [5.41, 5.74) is 3.37. The molecule has 7 heteroatoms. The number of thioether (sulfide) groups is 1. The molecule has 0 bridgehead atoms. The SMILES string of the molecule is CCN(Cc1ccccc1)c1ccc2nc(C3=NC(C(=O)O)CS3)sc2c1. The van der Waals surface area contributed by atoms with Crippen molar-refractivity contribution in [3.8, 4) is 0 Å². The summed E-state index contributed by atoms with van der Waals surface area (Å²) in [5.74, 6) is -0.396. The van der Waals surface area contributed by atoms with Crippen LogP contribution in [0.2, 0.25) is 0 Å². The Hall–Kier alpha value is -2.38. The van der Waals surface area contributed by atoms with Crippen LogP contribution in [-0.2, 0) is 11.3 Å². The highest BCUT2D eigenvalue weighted by Gasteiger charge is 2.26. The van der Waals surface area contributed by atoms with Gasteiger partial charge in [-0.2, -0.15) is 0 Å². The Bertz CT molecular complexity index is 1000. The van der Waals surface area contributed by atoms with Crippen molar-refractivity contribution in [1.29, 1.82) is 0 Å². The van der Waals surface area contributed by atoms with Gasteiger partial charge < -0.3 is 10.0 Å². The maximum atomic E-state index is 11.1. The van der Waals surface area contributed by atoms with E-state index in [1.807, 2.05) is 12.1 Å². The molecule has 1 aliphatic heterocycles. The van der Waals surface area contributed by atoms with E-state index in [0.29, 0.717) is 5.75 Å². The summed E-state index contributed by atoms with van der Waals surface area (Å²) >= 11 is 3.04. The standard InChI is InChI=1S/C20H19N3O2S2/c1-2-23(11-13-6-4-3-5-7-13)14-8-9-15-17(10-14)27-19(21-15)18-22-16(12-26-18)20(24)25/h3-10,16H,2,11-12H2,1H3,(H,24,25). The molecule has 0 spiro atoms. The molecule has 2 aromatic carbocycles. The van der Waals surface area contributed by atoms with Crippen LogP contribution in [0.25, 0.3) is 10.2 Å². The van der Waals surface area contributed by atoms with E-state index in [9.17, 15) is 4.79 Å². The zero-order chi connectivity index (χ0) is 18.8. The molecule has 1 unspecified atom stereocenters. The van der Waals surface area contributed by atoms with Crippen molar-refractivity contribution in [1.82, 2.24) is 4.98 Å². The van der Waals surface area contributed by atoms with Gasteiger partial charge in [0.1, 0.15) is 10.1 Å². The number of carboxylic acids is 1. The Morgan fingerprint density at radius 2 is 2.07 bits per heavy atom. The van der Waals surface area contributed by atoms with Crippen molar-refractivity contribution < 1.29 is 9.90 Å². The van der Waals surface area contributed by atoms with Crippen molar-refractivity contribution in [2.75, 3.05) is 17.2 Å². The second kappa shape index (κ2) is 7.70. The second-order valence-corrected chi connectivity index (χ2v) is 8.31. The Morgan fingerprint density at radius 1 is 1.26 bits per heavy atom. The number of hydrogen-bond acceptors (Lipinski definition) is 6. The number of anilines is 1. The summed E-state index contributed by atoms with van der Waals surface area (Å²) in [6, 6.07) is 16.1. The van der Waals surface area contributed by atoms with E-state index in [-0.39, 0.29) is 0 Å². The van der Waals surface area contributed by atoms with Gasteiger partial charge in [-0.3, -0.25) is 4.99 Å². The third-order valence-electron chi connectivity index (χ3n) is 4.45. The van der Waals surface area contributed by atoms with Gasteiger partial charge in [0.15, 0.2) is 6.04 Å². The zero-order valence-electron chi connectivity index (χ0n) is 14.8. The summed E-state index contributed by atoms with van der Waals surface area (Å²) in [7, 11) is 0. The average Bonchev–Trinajstić information content (AvgIpc) is 3.33. The molecule has 1 atom stereocenters. The highest BCUT2D eigenvalue weighted by atomic mass is 32.2. The number of nitrogens with zero attached hydrogens (tertiary/aromatic N) is 3. The smallest absolute Gasteiger partial charge is 0.329 e. The molecule has 0 saturated heterocycles. The lowest BCUT2D eigenvalue weighted by atomic mass is 10.2. The fraction of sp³-hybridized carbons (Fsp3) is 0.250. The second-order valence-electron chi connectivity index (χ2n) is 6.27. The number of hydrogen-bond donors (Lipinski definition) is 1. The Balaban J connectivity index is 1.60. The Kier molecular flexibility index (Phi) is 5.13. The number of aliphatic imine (C=N–C) groups is 1. The molecule has 1 aromatic heterocycles. The first-order valence-corrected chi connectivity index (χ1v) is 10.6. The van der Waals surface area contributed by atoms with E-state index in [2.05, 4.69) is 58.2 Å². The number of thiazole rings is 1. The maximum Gasteiger partial charge on any atom is 0.329 e. The first-order chi connectivity index (χ1) is 13.1. The van der Waals surface area contributed by atoms with Gasteiger partial charge in [0.05, 0.1) is 10.2 Å². The average molecular weight is 398 g/mol. The third kappa shape index (κ3) is 3.84. The normalized spacial score (nSPS) is 16.5. The molecule has 0 aliphatic carbocycles. The summed E-state index contributed by atoms with van der Waals surface area (Å²) in [4.78, 5) is 22.4. The molecule has 4 rings (SSSR count). The van der Waals surface area contributed by atoms with Gasteiger partial charge in [-0.05, 0) is 30.7 Å². The van der Waals surface area contributed by atoms with Gasteiger partial charge in [0.2, 0.25) is 0 Å². The molecule has 1 aliphatic rings. The highest BCUT2D eigenvalue weighted by Crippen LogP contribution is 2.32. The van der Waals surface area contributed by atoms with Gasteiger partial charge in [0.25, 0.3) is 0 Å². The summed E-state index contributed by atoms with van der Waals surface area (Å²) in [5, 5.41) is 10.7. The van der Waals surface area contributed by atoms with E-state index in [1.54, 1.807) is 11.3 Å². The molecule has 3 aromatic rings. The molecule has 0 amide bonds. The molecule has 0 fully saturated rings. The molecular weight excluding hydrogens is 378 g/mol. The van der Waals surface area contributed by atoms with Crippen molar-refractivity contribution in [2.24, 2.45) is 4.99 Å². The maximum absolute atomic E-state index is 11.1. The van der Waals surface area contributed by atoms with Gasteiger partial charge >= 0.3 is 5.97 Å². The number of aliphatic carboxylic acids is 1. The largest absolute Gasteiger partial charge is 0.480 e. The van der Waals surface area contributed by atoms with Crippen LogP contribution in [-0.4, -0.2) is 39.4 Å². The molecule has 0 radical (unpaired) electrons. The van der Waals surface area contributed by atoms with Crippen LogP contribution in [0.1, 0.15) is 17.5 Å². The molecule has 2 heterocycles. The first kappa shape index (κ1) is 18.0. The number of aromatic nitrogens is 1. The summed E-state index contributed by atoms with van der Waals surface area (Å²) in [6.07, 6.45) is 0. The lowest BCUT2D eigenvalue weighted by Crippen LogP contribution is -2.21. The van der Waals surface area contributed by atoms with Crippen LogP contribution in [0.15, 0.2) is 53.5 Å². The van der Waals surface area contributed by atoms with Crippen molar-refractivity contribution in [3.63, 3.8) is 0 Å². The van der Waals surface area contributed by atoms with Gasteiger partial charge in [-0.15, -0.1) is 23.1 Å². The van der Waals surface area contributed by atoms with Gasteiger partial charge in [-0.25, -0.2) is 9.78 Å². The van der Waals surface area contributed by atoms with E-state index in [4.69, 9.17) is 5.11 Å². The zero-order valence-corrected chi connectivity index (χ0v) is 16.5. The monoisotopic (exact) mass is 397 g/mol. The van der Waals surface area contributed by atoms with Gasteiger partial charge in [-0.1, -0.05) is 30.3 Å². The van der Waals surface area contributed by atoms with E-state index >= 15 is 0 Å². The van der Waals surface area contributed by atoms with Crippen LogP contribution in [0.4, 0.5) is 5.69 Å². The van der Waals surface area contributed by atoms with Crippen LogP contribution in [0.3, 0.4) is 0 Å². The van der Waals surface area contributed by atoms with E-state index in [0.717, 1.165) is 39.0 Å². The molecule has 1 N–H and O–H groups in total. The fourth-order valence-electron chi connectivity index (χ4n) is 3.01. The number of benzene rings is 2. The van der Waals surface area contributed by atoms with Crippen LogP contribution >= 0.6 is 23.1 Å². The van der Waals surface area contributed by atoms with E-state index < -0.39 is 12.0 Å². The number of rotatable bonds is 6. The lowest BCUT2D eigenvalue weighted by Gasteiger charge is -2.23.